The maximum absolute atomic E-state index is 12.7. The van der Waals surface area contributed by atoms with E-state index < -0.39 is 23.6 Å². The van der Waals surface area contributed by atoms with Crippen LogP contribution in [-0.2, 0) is 15.8 Å². The van der Waals surface area contributed by atoms with E-state index in [1.165, 1.54) is 30.5 Å². The van der Waals surface area contributed by atoms with Gasteiger partial charge in [-0.1, -0.05) is 6.07 Å². The number of rotatable bonds is 5. The molecule has 0 aromatic heterocycles. The highest BCUT2D eigenvalue weighted by atomic mass is 19.4. The Morgan fingerprint density at radius 3 is 2.61 bits per heavy atom. The van der Waals surface area contributed by atoms with Crippen molar-refractivity contribution in [2.24, 2.45) is 5.10 Å². The summed E-state index contributed by atoms with van der Waals surface area (Å²) in [6, 6.07) is 8.21. The molecule has 0 atom stereocenters. The van der Waals surface area contributed by atoms with Crippen molar-refractivity contribution in [3.05, 3.63) is 53.6 Å². The molecule has 0 aliphatic heterocycles. The molecular weight excluding hydrogens is 379 g/mol. The van der Waals surface area contributed by atoms with Gasteiger partial charge in [0.1, 0.15) is 0 Å². The molecule has 0 heterocycles. The number of phenols is 1. The lowest BCUT2D eigenvalue weighted by Gasteiger charge is -2.09. The van der Waals surface area contributed by atoms with Crippen LogP contribution in [0.5, 0.6) is 11.5 Å². The molecule has 0 saturated carbocycles. The maximum Gasteiger partial charge on any atom is 0.416 e. The SMILES string of the molecule is CCOc1cc(/C=N/NC(=O)C(=O)Nc2cccc(C(F)(F)F)c2)ccc1O. The second-order valence-corrected chi connectivity index (χ2v) is 5.39. The molecule has 0 bridgehead atoms. The van der Waals surface area contributed by atoms with Crippen molar-refractivity contribution in [1.29, 1.82) is 0 Å². The first-order chi connectivity index (χ1) is 13.2. The van der Waals surface area contributed by atoms with Crippen LogP contribution in [0.4, 0.5) is 18.9 Å². The Kier molecular flexibility index (Phi) is 6.59. The van der Waals surface area contributed by atoms with Gasteiger partial charge >= 0.3 is 18.0 Å². The number of nitrogens with zero attached hydrogens (tertiary/aromatic N) is 1. The standard InChI is InChI=1S/C18H16F3N3O4/c1-2-28-15-8-11(6-7-14(15)25)10-22-24-17(27)16(26)23-13-5-3-4-12(9-13)18(19,20)21/h3-10,25H,2H2,1H3,(H,23,26)(H,24,27)/b22-10+. The van der Waals surface area contributed by atoms with Gasteiger partial charge in [0, 0.05) is 5.69 Å². The van der Waals surface area contributed by atoms with Crippen LogP contribution in [0, 0.1) is 0 Å². The van der Waals surface area contributed by atoms with Crippen LogP contribution in [-0.4, -0.2) is 29.7 Å². The van der Waals surface area contributed by atoms with Gasteiger partial charge in [0.2, 0.25) is 0 Å². The fourth-order valence-electron chi connectivity index (χ4n) is 2.06. The molecule has 148 valence electrons. The number of phenolic OH excluding ortho intramolecular Hbond substituents is 1. The lowest BCUT2D eigenvalue weighted by molar-refractivity contribution is -0.137. The summed E-state index contributed by atoms with van der Waals surface area (Å²) in [7, 11) is 0. The molecule has 7 nitrogen and oxygen atoms in total. The van der Waals surface area contributed by atoms with Crippen molar-refractivity contribution in [2.75, 3.05) is 11.9 Å². The number of amides is 2. The van der Waals surface area contributed by atoms with E-state index in [4.69, 9.17) is 4.74 Å². The number of hydrogen-bond acceptors (Lipinski definition) is 5. The predicted octanol–water partition coefficient (Wildman–Crippen LogP) is 2.90. The molecule has 0 spiro atoms. The second kappa shape index (κ2) is 8.89. The summed E-state index contributed by atoms with van der Waals surface area (Å²) in [4.78, 5) is 23.5. The van der Waals surface area contributed by atoms with Gasteiger partial charge in [-0.3, -0.25) is 9.59 Å². The number of aromatic hydroxyl groups is 1. The minimum atomic E-state index is -4.57. The number of alkyl halides is 3. The minimum Gasteiger partial charge on any atom is -0.504 e. The average Bonchev–Trinajstić information content (AvgIpc) is 2.64. The van der Waals surface area contributed by atoms with E-state index in [0.717, 1.165) is 12.1 Å². The van der Waals surface area contributed by atoms with E-state index in [1.807, 2.05) is 5.43 Å². The number of benzene rings is 2. The quantitative estimate of drug-likeness (QED) is 0.412. The zero-order chi connectivity index (χ0) is 20.7. The number of carbonyl (C=O) groups is 2. The van der Waals surface area contributed by atoms with Gasteiger partial charge in [0.25, 0.3) is 0 Å². The summed E-state index contributed by atoms with van der Waals surface area (Å²) < 4.78 is 43.2. The third-order valence-electron chi connectivity index (χ3n) is 3.32. The largest absolute Gasteiger partial charge is 0.504 e. The zero-order valence-corrected chi connectivity index (χ0v) is 14.6. The predicted molar refractivity (Wildman–Crippen MR) is 95.1 cm³/mol. The summed E-state index contributed by atoms with van der Waals surface area (Å²) >= 11 is 0. The number of halogens is 3. The van der Waals surface area contributed by atoms with E-state index in [2.05, 4.69) is 10.4 Å². The van der Waals surface area contributed by atoms with Crippen molar-refractivity contribution >= 4 is 23.7 Å². The number of hydrogen-bond donors (Lipinski definition) is 3. The molecule has 0 aliphatic carbocycles. The Morgan fingerprint density at radius 2 is 1.93 bits per heavy atom. The first-order valence-corrected chi connectivity index (χ1v) is 7.98. The van der Waals surface area contributed by atoms with E-state index >= 15 is 0 Å². The Bertz CT molecular complexity index is 898. The highest BCUT2D eigenvalue weighted by Crippen LogP contribution is 2.30. The number of carbonyl (C=O) groups excluding carboxylic acids is 2. The van der Waals surface area contributed by atoms with Crippen LogP contribution < -0.4 is 15.5 Å². The summed E-state index contributed by atoms with van der Waals surface area (Å²) in [5.74, 6) is -2.20. The van der Waals surface area contributed by atoms with Crippen molar-refractivity contribution in [3.63, 3.8) is 0 Å². The third kappa shape index (κ3) is 5.73. The third-order valence-corrected chi connectivity index (χ3v) is 3.32. The Morgan fingerprint density at radius 1 is 1.18 bits per heavy atom. The smallest absolute Gasteiger partial charge is 0.416 e. The van der Waals surface area contributed by atoms with Crippen LogP contribution in [0.3, 0.4) is 0 Å². The molecule has 0 unspecified atom stereocenters. The van der Waals surface area contributed by atoms with Crippen LogP contribution in [0.1, 0.15) is 18.1 Å². The van der Waals surface area contributed by atoms with E-state index in [-0.39, 0.29) is 17.2 Å². The zero-order valence-electron chi connectivity index (χ0n) is 14.6. The Hall–Kier alpha value is -3.56. The molecule has 2 aromatic carbocycles. The Labute approximate surface area is 157 Å². The van der Waals surface area contributed by atoms with Gasteiger partial charge < -0.3 is 15.2 Å². The summed E-state index contributed by atoms with van der Waals surface area (Å²) in [6.45, 7) is 2.07. The van der Waals surface area contributed by atoms with Gasteiger partial charge in [-0.2, -0.15) is 18.3 Å². The van der Waals surface area contributed by atoms with Gasteiger partial charge in [0.15, 0.2) is 11.5 Å². The summed E-state index contributed by atoms with van der Waals surface area (Å²) in [5, 5.41) is 15.2. The second-order valence-electron chi connectivity index (χ2n) is 5.39. The van der Waals surface area contributed by atoms with Crippen LogP contribution >= 0.6 is 0 Å². The monoisotopic (exact) mass is 395 g/mol. The van der Waals surface area contributed by atoms with Crippen molar-refractivity contribution < 1.29 is 32.6 Å². The molecule has 2 aromatic rings. The lowest BCUT2D eigenvalue weighted by Crippen LogP contribution is -2.32. The maximum atomic E-state index is 12.7. The van der Waals surface area contributed by atoms with Crippen molar-refractivity contribution in [3.8, 4) is 11.5 Å². The first kappa shape index (κ1) is 20.7. The molecule has 0 aliphatic rings. The molecule has 3 N–H and O–H groups in total. The normalized spacial score (nSPS) is 11.3. The molecule has 0 radical (unpaired) electrons. The minimum absolute atomic E-state index is 0.0662. The molecule has 2 amide bonds. The average molecular weight is 395 g/mol. The summed E-state index contributed by atoms with van der Waals surface area (Å²) in [5.41, 5.74) is 1.29. The van der Waals surface area contributed by atoms with Crippen molar-refractivity contribution in [2.45, 2.75) is 13.1 Å². The highest BCUT2D eigenvalue weighted by Gasteiger charge is 2.30. The number of hydrazone groups is 1. The molecule has 28 heavy (non-hydrogen) atoms. The van der Waals surface area contributed by atoms with Crippen LogP contribution in [0.15, 0.2) is 47.6 Å². The Balaban J connectivity index is 1.97. The molecular formula is C18H16F3N3O4. The highest BCUT2D eigenvalue weighted by molar-refractivity contribution is 6.39. The van der Waals surface area contributed by atoms with Gasteiger partial charge in [-0.15, -0.1) is 0 Å². The van der Waals surface area contributed by atoms with E-state index in [1.54, 1.807) is 6.92 Å². The number of nitrogens with one attached hydrogen (secondary N) is 2. The number of ether oxygens (including phenoxy) is 1. The van der Waals surface area contributed by atoms with E-state index in [0.29, 0.717) is 18.2 Å². The molecule has 0 saturated heterocycles. The number of anilines is 1. The van der Waals surface area contributed by atoms with Crippen molar-refractivity contribution in [1.82, 2.24) is 5.43 Å². The summed E-state index contributed by atoms with van der Waals surface area (Å²) in [6.07, 6.45) is -3.37. The van der Waals surface area contributed by atoms with Gasteiger partial charge in [0.05, 0.1) is 18.4 Å². The lowest BCUT2D eigenvalue weighted by atomic mass is 10.2. The van der Waals surface area contributed by atoms with Gasteiger partial charge in [-0.25, -0.2) is 5.43 Å². The topological polar surface area (TPSA) is 100 Å². The van der Waals surface area contributed by atoms with Crippen LogP contribution in [0.25, 0.3) is 0 Å². The fraction of sp³-hybridized carbons (Fsp3) is 0.167. The van der Waals surface area contributed by atoms with Crippen LogP contribution in [0.2, 0.25) is 0 Å². The fourth-order valence-corrected chi connectivity index (χ4v) is 2.06. The van der Waals surface area contributed by atoms with Gasteiger partial charge in [-0.05, 0) is 48.9 Å². The molecule has 10 heteroatoms. The molecule has 0 fully saturated rings. The van der Waals surface area contributed by atoms with E-state index in [9.17, 15) is 27.9 Å². The molecule has 2 rings (SSSR count). The first-order valence-electron chi connectivity index (χ1n) is 7.98.